The Morgan fingerprint density at radius 3 is 2.59 bits per heavy atom. The minimum Gasteiger partial charge on any atom is -0.462 e. The number of aromatic amines is 1. The molecule has 1 aliphatic carbocycles. The first-order chi connectivity index (χ1) is 17.6. The van der Waals surface area contributed by atoms with Gasteiger partial charge in [-0.15, -0.1) is 0 Å². The van der Waals surface area contributed by atoms with Crippen LogP contribution in [0.1, 0.15) is 46.3 Å². The summed E-state index contributed by atoms with van der Waals surface area (Å²) in [5.41, 5.74) is -1.94. The van der Waals surface area contributed by atoms with Gasteiger partial charge in [0.15, 0.2) is 0 Å². The predicted molar refractivity (Wildman–Crippen MR) is 132 cm³/mol. The highest BCUT2D eigenvalue weighted by Crippen LogP contribution is 2.62. The smallest absolute Gasteiger partial charge is 0.459 e. The number of rotatable bonds is 11. The fourth-order valence-electron chi connectivity index (χ4n) is 4.22. The zero-order valence-electron chi connectivity index (χ0n) is 20.9. The third-order valence-electron chi connectivity index (χ3n) is 6.64. The molecule has 1 aliphatic heterocycles. The lowest BCUT2D eigenvalue weighted by Gasteiger charge is -2.25. The number of carbonyl (C=O) groups is 1. The van der Waals surface area contributed by atoms with Gasteiger partial charge >= 0.3 is 19.4 Å². The van der Waals surface area contributed by atoms with E-state index in [1.807, 2.05) is 6.92 Å². The van der Waals surface area contributed by atoms with Gasteiger partial charge in [-0.2, -0.15) is 5.09 Å². The molecule has 202 valence electrons. The Labute approximate surface area is 213 Å². The van der Waals surface area contributed by atoms with E-state index in [1.54, 1.807) is 37.3 Å². The second-order valence-corrected chi connectivity index (χ2v) is 11.1. The molecule has 1 spiro atoms. The van der Waals surface area contributed by atoms with Crippen LogP contribution in [-0.2, 0) is 23.4 Å². The lowest BCUT2D eigenvalue weighted by Crippen LogP contribution is -2.38. The van der Waals surface area contributed by atoms with Gasteiger partial charge in [-0.25, -0.2) is 9.36 Å². The van der Waals surface area contributed by atoms with Gasteiger partial charge in [0.05, 0.1) is 18.8 Å². The summed E-state index contributed by atoms with van der Waals surface area (Å²) in [5, 5.41) is 13.6. The summed E-state index contributed by atoms with van der Waals surface area (Å²) in [6.07, 6.45) is -0.0316. The molecule has 12 nitrogen and oxygen atoms in total. The fourth-order valence-corrected chi connectivity index (χ4v) is 5.72. The van der Waals surface area contributed by atoms with E-state index in [2.05, 4.69) is 10.1 Å². The lowest BCUT2D eigenvalue weighted by atomic mass is 9.96. The summed E-state index contributed by atoms with van der Waals surface area (Å²) in [6, 6.07) is 8.47. The van der Waals surface area contributed by atoms with Crippen molar-refractivity contribution in [2.75, 3.05) is 6.61 Å². The third-order valence-corrected chi connectivity index (χ3v) is 8.29. The number of hydrogen-bond acceptors (Lipinski definition) is 9. The maximum atomic E-state index is 13.7. The van der Waals surface area contributed by atoms with Crippen LogP contribution in [0, 0.1) is 5.41 Å². The molecule has 2 heterocycles. The van der Waals surface area contributed by atoms with Crippen LogP contribution in [-0.4, -0.2) is 51.6 Å². The Bertz CT molecular complexity index is 1260. The molecule has 1 aromatic heterocycles. The van der Waals surface area contributed by atoms with Crippen LogP contribution in [0.25, 0.3) is 0 Å². The standard InChI is InChI=1S/C24H32N3O9P/c1-4-15(2)34-21(30)16(3)26-37(32,36-17-8-6-5-7-9-17)33-14-18-20(29)24(11-12-24)22(35-18)27-13-10-19(28)25-23(27)31/h5-10,13,15-16,18,20,22,29H,4,11-12,14H2,1-3H3,(H,26,32)(H,25,28,31)/t15?,16-,18+,20+,22+,37?/m0/s1. The van der Waals surface area contributed by atoms with Crippen molar-refractivity contribution in [2.24, 2.45) is 5.41 Å². The number of carbonyl (C=O) groups excluding carboxylic acids is 1. The van der Waals surface area contributed by atoms with Crippen LogP contribution in [0.4, 0.5) is 0 Å². The van der Waals surface area contributed by atoms with Crippen LogP contribution < -0.4 is 20.9 Å². The molecule has 2 unspecified atom stereocenters. The van der Waals surface area contributed by atoms with Crippen LogP contribution >= 0.6 is 7.75 Å². The molecule has 6 atom stereocenters. The van der Waals surface area contributed by atoms with Crippen molar-refractivity contribution in [3.8, 4) is 5.75 Å². The van der Waals surface area contributed by atoms with E-state index in [4.69, 9.17) is 18.5 Å². The highest BCUT2D eigenvalue weighted by atomic mass is 31.2. The van der Waals surface area contributed by atoms with E-state index < -0.39 is 54.9 Å². The topological polar surface area (TPSA) is 158 Å². The summed E-state index contributed by atoms with van der Waals surface area (Å²) in [7, 11) is -4.17. The molecule has 1 saturated heterocycles. The number of H-pyrrole nitrogens is 1. The zero-order valence-corrected chi connectivity index (χ0v) is 21.8. The SMILES string of the molecule is CCC(C)OC(=O)[C@H](C)NP(=O)(OC[C@H]1O[C@@H](n2ccc(=O)[nH]c2=O)C2(CC2)[C@@H]1O)Oc1ccccc1. The highest BCUT2D eigenvalue weighted by Gasteiger charge is 2.64. The molecule has 13 heteroatoms. The first kappa shape index (κ1) is 27.3. The number of ether oxygens (including phenoxy) is 2. The summed E-state index contributed by atoms with van der Waals surface area (Å²) in [5.74, 6) is -0.383. The van der Waals surface area contributed by atoms with Gasteiger partial charge in [0.2, 0.25) is 0 Å². The number of aliphatic hydroxyl groups is 1. The van der Waals surface area contributed by atoms with Crippen molar-refractivity contribution in [2.45, 2.75) is 70.6 Å². The van der Waals surface area contributed by atoms with Gasteiger partial charge in [0.1, 0.15) is 24.1 Å². The van der Waals surface area contributed by atoms with Gasteiger partial charge in [0.25, 0.3) is 5.56 Å². The minimum atomic E-state index is -4.17. The average Bonchev–Trinajstić information content (AvgIpc) is 3.61. The van der Waals surface area contributed by atoms with E-state index in [0.717, 1.165) is 0 Å². The van der Waals surface area contributed by atoms with E-state index in [1.165, 1.54) is 23.8 Å². The molecular formula is C24H32N3O9P. The Morgan fingerprint density at radius 2 is 1.97 bits per heavy atom. The molecule has 0 radical (unpaired) electrons. The number of nitrogens with one attached hydrogen (secondary N) is 2. The maximum absolute atomic E-state index is 13.7. The van der Waals surface area contributed by atoms with Gasteiger partial charge in [0, 0.05) is 17.7 Å². The van der Waals surface area contributed by atoms with Crippen molar-refractivity contribution in [3.05, 3.63) is 63.4 Å². The number of aliphatic hydroxyl groups excluding tert-OH is 1. The minimum absolute atomic E-state index is 0.241. The monoisotopic (exact) mass is 537 g/mol. The quantitative estimate of drug-likeness (QED) is 0.286. The van der Waals surface area contributed by atoms with E-state index in [0.29, 0.717) is 19.3 Å². The van der Waals surface area contributed by atoms with Crippen molar-refractivity contribution in [3.63, 3.8) is 0 Å². The van der Waals surface area contributed by atoms with Crippen molar-refractivity contribution in [1.29, 1.82) is 0 Å². The number of aromatic nitrogens is 2. The Balaban J connectivity index is 1.50. The van der Waals surface area contributed by atoms with E-state index in [9.17, 15) is 24.1 Å². The molecule has 2 fully saturated rings. The van der Waals surface area contributed by atoms with Crippen LogP contribution in [0.3, 0.4) is 0 Å². The predicted octanol–water partition coefficient (Wildman–Crippen LogP) is 2.10. The van der Waals surface area contributed by atoms with Crippen LogP contribution in [0.2, 0.25) is 0 Å². The fraction of sp³-hybridized carbons (Fsp3) is 0.542. The Kier molecular flexibility index (Phi) is 8.05. The second-order valence-electron chi connectivity index (χ2n) is 9.43. The van der Waals surface area contributed by atoms with Crippen molar-refractivity contribution in [1.82, 2.24) is 14.6 Å². The van der Waals surface area contributed by atoms with Crippen LogP contribution in [0.15, 0.2) is 52.2 Å². The van der Waals surface area contributed by atoms with E-state index in [-0.39, 0.29) is 18.5 Å². The molecular weight excluding hydrogens is 505 g/mol. The van der Waals surface area contributed by atoms with E-state index >= 15 is 0 Å². The summed E-state index contributed by atoms with van der Waals surface area (Å²) < 4.78 is 37.6. The third kappa shape index (κ3) is 6.05. The van der Waals surface area contributed by atoms with Gasteiger partial charge in [-0.3, -0.25) is 23.7 Å². The molecule has 4 rings (SSSR count). The molecule has 1 aromatic carbocycles. The van der Waals surface area contributed by atoms with Gasteiger partial charge in [-0.1, -0.05) is 25.1 Å². The molecule has 37 heavy (non-hydrogen) atoms. The molecule has 0 amide bonds. The second kappa shape index (κ2) is 10.9. The average molecular weight is 538 g/mol. The maximum Gasteiger partial charge on any atom is 0.459 e. The van der Waals surface area contributed by atoms with Crippen LogP contribution in [0.5, 0.6) is 5.75 Å². The molecule has 2 aliphatic rings. The van der Waals surface area contributed by atoms with Crippen molar-refractivity contribution < 1.29 is 33.0 Å². The molecule has 3 N–H and O–H groups in total. The molecule has 1 saturated carbocycles. The Morgan fingerprint density at radius 1 is 1.27 bits per heavy atom. The number of para-hydroxylation sites is 1. The summed E-state index contributed by atoms with van der Waals surface area (Å²) in [4.78, 5) is 38.5. The zero-order chi connectivity index (χ0) is 26.8. The molecule has 0 bridgehead atoms. The lowest BCUT2D eigenvalue weighted by molar-refractivity contribution is -0.150. The normalized spacial score (nSPS) is 25.2. The number of nitrogens with zero attached hydrogens (tertiary/aromatic N) is 1. The number of hydrogen-bond donors (Lipinski definition) is 3. The largest absolute Gasteiger partial charge is 0.462 e. The van der Waals surface area contributed by atoms with Gasteiger partial charge in [-0.05, 0) is 45.2 Å². The highest BCUT2D eigenvalue weighted by molar-refractivity contribution is 7.52. The molecule has 2 aromatic rings. The van der Waals surface area contributed by atoms with Gasteiger partial charge < -0.3 is 19.1 Å². The number of benzene rings is 1. The first-order valence-corrected chi connectivity index (χ1v) is 13.7. The first-order valence-electron chi connectivity index (χ1n) is 12.2. The Hall–Kier alpha value is -2.76. The number of esters is 1. The summed E-state index contributed by atoms with van der Waals surface area (Å²) >= 11 is 0. The van der Waals surface area contributed by atoms with Crippen molar-refractivity contribution >= 4 is 13.7 Å². The summed E-state index contributed by atoms with van der Waals surface area (Å²) in [6.45, 7) is 4.74.